The number of nitrogens with two attached hydrogens (primary N) is 1. The molecule has 0 radical (unpaired) electrons. The first-order valence-electron chi connectivity index (χ1n) is 6.34. The molecule has 0 aliphatic rings. The van der Waals surface area contributed by atoms with Crippen molar-refractivity contribution < 1.29 is 0 Å². The fourth-order valence-corrected chi connectivity index (χ4v) is 3.23. The second kappa shape index (κ2) is 5.57. The SMILES string of the molecule is NC(c1cc(Cl)cc(Br)c1)c1ccc2ccccc2c1. The van der Waals surface area contributed by atoms with Crippen molar-refractivity contribution in [1.82, 2.24) is 0 Å². The van der Waals surface area contributed by atoms with Crippen molar-refractivity contribution in [3.05, 3.63) is 81.3 Å². The van der Waals surface area contributed by atoms with Gasteiger partial charge in [0.1, 0.15) is 0 Å². The van der Waals surface area contributed by atoms with Crippen molar-refractivity contribution in [3.8, 4) is 0 Å². The molecule has 2 N–H and O–H groups in total. The van der Waals surface area contributed by atoms with Gasteiger partial charge in [0.25, 0.3) is 0 Å². The molecule has 0 aliphatic carbocycles. The van der Waals surface area contributed by atoms with E-state index in [1.54, 1.807) is 0 Å². The van der Waals surface area contributed by atoms with Gasteiger partial charge in [0.15, 0.2) is 0 Å². The molecule has 0 heterocycles. The highest BCUT2D eigenvalue weighted by Gasteiger charge is 2.11. The first-order chi connectivity index (χ1) is 9.63. The number of benzene rings is 3. The van der Waals surface area contributed by atoms with E-state index in [-0.39, 0.29) is 6.04 Å². The van der Waals surface area contributed by atoms with Crippen LogP contribution < -0.4 is 5.73 Å². The quantitative estimate of drug-likeness (QED) is 0.669. The molecule has 0 saturated heterocycles. The summed E-state index contributed by atoms with van der Waals surface area (Å²) in [5.74, 6) is 0. The molecule has 1 unspecified atom stereocenters. The third-order valence-corrected chi connectivity index (χ3v) is 4.05. The van der Waals surface area contributed by atoms with E-state index in [1.807, 2.05) is 30.3 Å². The predicted molar refractivity (Wildman–Crippen MR) is 89.1 cm³/mol. The molecule has 20 heavy (non-hydrogen) atoms. The molecule has 1 atom stereocenters. The van der Waals surface area contributed by atoms with Crippen LogP contribution in [0.4, 0.5) is 0 Å². The Balaban J connectivity index is 2.05. The third-order valence-electron chi connectivity index (χ3n) is 3.38. The molecule has 3 rings (SSSR count). The summed E-state index contributed by atoms with van der Waals surface area (Å²) < 4.78 is 0.941. The van der Waals surface area contributed by atoms with E-state index in [4.69, 9.17) is 17.3 Å². The van der Waals surface area contributed by atoms with Crippen molar-refractivity contribution in [2.75, 3.05) is 0 Å². The van der Waals surface area contributed by atoms with Crippen molar-refractivity contribution in [2.24, 2.45) is 5.73 Å². The highest BCUT2D eigenvalue weighted by molar-refractivity contribution is 9.10. The van der Waals surface area contributed by atoms with E-state index in [9.17, 15) is 0 Å². The molecule has 3 aromatic carbocycles. The molecule has 0 saturated carbocycles. The molecule has 0 spiro atoms. The highest BCUT2D eigenvalue weighted by atomic mass is 79.9. The van der Waals surface area contributed by atoms with Gasteiger partial charge in [-0.2, -0.15) is 0 Å². The van der Waals surface area contributed by atoms with Gasteiger partial charge < -0.3 is 5.73 Å². The summed E-state index contributed by atoms with van der Waals surface area (Å²) in [6.45, 7) is 0. The molecule has 0 aliphatic heterocycles. The van der Waals surface area contributed by atoms with Gasteiger partial charge in [-0.25, -0.2) is 0 Å². The fraction of sp³-hybridized carbons (Fsp3) is 0.0588. The molecule has 100 valence electrons. The number of rotatable bonds is 2. The maximum atomic E-state index is 6.37. The first kappa shape index (κ1) is 13.6. The van der Waals surface area contributed by atoms with E-state index in [2.05, 4.69) is 46.3 Å². The van der Waals surface area contributed by atoms with Gasteiger partial charge in [0.05, 0.1) is 6.04 Å². The summed E-state index contributed by atoms with van der Waals surface area (Å²) in [5, 5.41) is 3.10. The lowest BCUT2D eigenvalue weighted by atomic mass is 9.97. The monoisotopic (exact) mass is 345 g/mol. The lowest BCUT2D eigenvalue weighted by Gasteiger charge is -2.14. The van der Waals surface area contributed by atoms with Crippen LogP contribution in [0.25, 0.3) is 10.8 Å². The zero-order valence-electron chi connectivity index (χ0n) is 10.7. The van der Waals surface area contributed by atoms with Crippen LogP contribution >= 0.6 is 27.5 Å². The minimum atomic E-state index is -0.186. The molecule has 0 aromatic heterocycles. The highest BCUT2D eigenvalue weighted by Crippen LogP contribution is 2.28. The Kier molecular flexibility index (Phi) is 3.79. The Hall–Kier alpha value is -1.35. The molecule has 1 nitrogen and oxygen atoms in total. The van der Waals surface area contributed by atoms with Gasteiger partial charge in [0, 0.05) is 9.50 Å². The number of halogens is 2. The maximum absolute atomic E-state index is 6.37. The largest absolute Gasteiger partial charge is 0.320 e. The van der Waals surface area contributed by atoms with Crippen LogP contribution in [0.5, 0.6) is 0 Å². The maximum Gasteiger partial charge on any atom is 0.0552 e. The lowest BCUT2D eigenvalue weighted by molar-refractivity contribution is 0.872. The van der Waals surface area contributed by atoms with Gasteiger partial charge in [-0.1, -0.05) is 63.9 Å². The summed E-state index contributed by atoms with van der Waals surface area (Å²) in [7, 11) is 0. The van der Waals surface area contributed by atoms with Crippen molar-refractivity contribution in [2.45, 2.75) is 6.04 Å². The van der Waals surface area contributed by atoms with Crippen molar-refractivity contribution in [3.63, 3.8) is 0 Å². The van der Waals surface area contributed by atoms with Gasteiger partial charge >= 0.3 is 0 Å². The third kappa shape index (κ3) is 2.73. The minimum Gasteiger partial charge on any atom is -0.320 e. The molecule has 0 bridgehead atoms. The second-order valence-electron chi connectivity index (χ2n) is 4.79. The van der Waals surface area contributed by atoms with E-state index >= 15 is 0 Å². The van der Waals surface area contributed by atoms with Crippen LogP contribution in [0, 0.1) is 0 Å². The van der Waals surface area contributed by atoms with Crippen LogP contribution in [0.1, 0.15) is 17.2 Å². The van der Waals surface area contributed by atoms with Gasteiger partial charge in [-0.05, 0) is 46.2 Å². The summed E-state index contributed by atoms with van der Waals surface area (Å²) in [4.78, 5) is 0. The average molecular weight is 347 g/mol. The standard InChI is InChI=1S/C17H13BrClN/c18-15-8-14(9-16(19)10-15)17(20)13-6-5-11-3-1-2-4-12(11)7-13/h1-10,17H,20H2. The summed E-state index contributed by atoms with van der Waals surface area (Å²) in [6.07, 6.45) is 0. The number of hydrogen-bond donors (Lipinski definition) is 1. The normalized spacial score (nSPS) is 12.6. The van der Waals surface area contributed by atoms with Crippen LogP contribution in [0.15, 0.2) is 65.1 Å². The van der Waals surface area contributed by atoms with Crippen LogP contribution in [-0.2, 0) is 0 Å². The molecular formula is C17H13BrClN. The Morgan fingerprint density at radius 2 is 1.60 bits per heavy atom. The molecule has 3 heteroatoms. The topological polar surface area (TPSA) is 26.0 Å². The predicted octanol–water partition coefficient (Wildman–Crippen LogP) is 5.30. The Bertz CT molecular complexity index is 750. The van der Waals surface area contributed by atoms with Crippen molar-refractivity contribution >= 4 is 38.3 Å². The van der Waals surface area contributed by atoms with Crippen molar-refractivity contribution in [1.29, 1.82) is 0 Å². The van der Waals surface area contributed by atoms with Gasteiger partial charge in [-0.3, -0.25) is 0 Å². The fourth-order valence-electron chi connectivity index (χ4n) is 2.35. The van der Waals surface area contributed by atoms with Gasteiger partial charge in [0.2, 0.25) is 0 Å². The van der Waals surface area contributed by atoms with Crippen LogP contribution in [-0.4, -0.2) is 0 Å². The smallest absolute Gasteiger partial charge is 0.0552 e. The van der Waals surface area contributed by atoms with Crippen LogP contribution in [0.3, 0.4) is 0 Å². The second-order valence-corrected chi connectivity index (χ2v) is 6.14. The Morgan fingerprint density at radius 1 is 0.850 bits per heavy atom. The number of fused-ring (bicyclic) bond motifs is 1. The van der Waals surface area contributed by atoms with Gasteiger partial charge in [-0.15, -0.1) is 0 Å². The lowest BCUT2D eigenvalue weighted by Crippen LogP contribution is -2.11. The Labute approximate surface area is 131 Å². The molecule has 3 aromatic rings. The molecule has 0 fully saturated rings. The average Bonchev–Trinajstić information content (AvgIpc) is 2.45. The molecule has 0 amide bonds. The van der Waals surface area contributed by atoms with E-state index < -0.39 is 0 Å². The van der Waals surface area contributed by atoms with Crippen LogP contribution in [0.2, 0.25) is 5.02 Å². The summed E-state index contributed by atoms with van der Waals surface area (Å²) in [5.41, 5.74) is 8.45. The van der Waals surface area contributed by atoms with E-state index in [0.717, 1.165) is 15.6 Å². The number of hydrogen-bond acceptors (Lipinski definition) is 1. The zero-order valence-corrected chi connectivity index (χ0v) is 13.0. The first-order valence-corrected chi connectivity index (χ1v) is 7.51. The zero-order chi connectivity index (χ0) is 14.1. The minimum absolute atomic E-state index is 0.186. The summed E-state index contributed by atoms with van der Waals surface area (Å²) in [6, 6.07) is 20.2. The summed E-state index contributed by atoms with van der Waals surface area (Å²) >= 11 is 9.54. The van der Waals surface area contributed by atoms with E-state index in [1.165, 1.54) is 10.8 Å². The Morgan fingerprint density at radius 3 is 2.35 bits per heavy atom. The van der Waals surface area contributed by atoms with E-state index in [0.29, 0.717) is 5.02 Å². The molecular weight excluding hydrogens is 334 g/mol.